The predicted octanol–water partition coefficient (Wildman–Crippen LogP) is 1.31. The first kappa shape index (κ1) is 14.0. The minimum Gasteiger partial charge on any atom is -0.394 e. The van der Waals surface area contributed by atoms with Crippen LogP contribution in [0.15, 0.2) is 12.1 Å². The monoisotopic (exact) mass is 292 g/mol. The molecule has 2 amide bonds. The quantitative estimate of drug-likeness (QED) is 0.863. The zero-order valence-corrected chi connectivity index (χ0v) is 11.6. The number of rotatable bonds is 2. The molecule has 3 rings (SSSR count). The van der Waals surface area contributed by atoms with Gasteiger partial charge in [0.2, 0.25) is 5.91 Å². The number of anilines is 1. The first-order chi connectivity index (χ1) is 10.1. The normalized spacial score (nSPS) is 21.1. The fourth-order valence-electron chi connectivity index (χ4n) is 3.01. The Bertz CT molecular complexity index is 603. The third-order valence-electron chi connectivity index (χ3n) is 4.17. The molecule has 2 N–H and O–H groups in total. The van der Waals surface area contributed by atoms with Crippen LogP contribution in [0.1, 0.15) is 35.2 Å². The standard InChI is InChI=1S/C15H17FN2O3/c16-12-7-13-9(3-4-14(20)17-13)6-11(12)15(21)18-5-1-2-10(18)8-19/h6-7,10,19H,1-5,8H2,(H,17,20)/t10-/m1/s1. The molecule has 2 heterocycles. The van der Waals surface area contributed by atoms with E-state index in [2.05, 4.69) is 5.32 Å². The number of hydrogen-bond donors (Lipinski definition) is 2. The third-order valence-corrected chi connectivity index (χ3v) is 4.17. The van der Waals surface area contributed by atoms with Gasteiger partial charge in [-0.05, 0) is 37.0 Å². The van der Waals surface area contributed by atoms with Crippen LogP contribution in [0, 0.1) is 5.82 Å². The van der Waals surface area contributed by atoms with E-state index in [1.54, 1.807) is 0 Å². The van der Waals surface area contributed by atoms with Crippen LogP contribution < -0.4 is 5.32 Å². The lowest BCUT2D eigenvalue weighted by Crippen LogP contribution is -2.38. The zero-order valence-electron chi connectivity index (χ0n) is 11.6. The van der Waals surface area contributed by atoms with Crippen molar-refractivity contribution in [2.75, 3.05) is 18.5 Å². The minimum absolute atomic E-state index is 0.0187. The Hall–Kier alpha value is -1.95. The Morgan fingerprint density at radius 2 is 2.24 bits per heavy atom. The van der Waals surface area contributed by atoms with E-state index in [4.69, 9.17) is 0 Å². The van der Waals surface area contributed by atoms with Crippen LogP contribution >= 0.6 is 0 Å². The highest BCUT2D eigenvalue weighted by molar-refractivity contribution is 5.98. The Morgan fingerprint density at radius 3 is 3.00 bits per heavy atom. The lowest BCUT2D eigenvalue weighted by molar-refractivity contribution is -0.116. The van der Waals surface area contributed by atoms with Gasteiger partial charge >= 0.3 is 0 Å². The third kappa shape index (κ3) is 2.51. The molecule has 0 saturated carbocycles. The number of carbonyl (C=O) groups excluding carboxylic acids is 2. The average molecular weight is 292 g/mol. The maximum Gasteiger partial charge on any atom is 0.257 e. The molecule has 112 valence electrons. The van der Waals surface area contributed by atoms with Crippen molar-refractivity contribution in [2.24, 2.45) is 0 Å². The van der Waals surface area contributed by atoms with Gasteiger partial charge in [-0.2, -0.15) is 0 Å². The van der Waals surface area contributed by atoms with Crippen molar-refractivity contribution >= 4 is 17.5 Å². The highest BCUT2D eigenvalue weighted by Crippen LogP contribution is 2.28. The zero-order chi connectivity index (χ0) is 15.0. The molecule has 0 aromatic heterocycles. The van der Waals surface area contributed by atoms with E-state index >= 15 is 0 Å². The lowest BCUT2D eigenvalue weighted by Gasteiger charge is -2.24. The molecule has 0 aliphatic carbocycles. The summed E-state index contributed by atoms with van der Waals surface area (Å²) in [4.78, 5) is 25.3. The largest absolute Gasteiger partial charge is 0.394 e. The van der Waals surface area contributed by atoms with Crippen LogP contribution in [0.4, 0.5) is 10.1 Å². The van der Waals surface area contributed by atoms with E-state index in [1.165, 1.54) is 17.0 Å². The first-order valence-electron chi connectivity index (χ1n) is 7.14. The van der Waals surface area contributed by atoms with E-state index in [-0.39, 0.29) is 30.0 Å². The number of likely N-dealkylation sites (tertiary alicyclic amines) is 1. The smallest absolute Gasteiger partial charge is 0.257 e. The number of nitrogens with one attached hydrogen (secondary N) is 1. The van der Waals surface area contributed by atoms with Gasteiger partial charge in [0.25, 0.3) is 5.91 Å². The number of benzene rings is 1. The molecule has 0 unspecified atom stereocenters. The number of amides is 2. The molecule has 1 aromatic rings. The van der Waals surface area contributed by atoms with Gasteiger partial charge in [0.15, 0.2) is 0 Å². The summed E-state index contributed by atoms with van der Waals surface area (Å²) < 4.78 is 14.2. The summed E-state index contributed by atoms with van der Waals surface area (Å²) >= 11 is 0. The Balaban J connectivity index is 1.92. The number of nitrogens with zero attached hydrogens (tertiary/aromatic N) is 1. The summed E-state index contributed by atoms with van der Waals surface area (Å²) in [6.45, 7) is 0.436. The Morgan fingerprint density at radius 1 is 1.43 bits per heavy atom. The predicted molar refractivity (Wildman–Crippen MR) is 74.5 cm³/mol. The fraction of sp³-hybridized carbons (Fsp3) is 0.467. The fourth-order valence-corrected chi connectivity index (χ4v) is 3.01. The molecule has 1 atom stereocenters. The summed E-state index contributed by atoms with van der Waals surface area (Å²) in [5, 5.41) is 11.9. The van der Waals surface area contributed by atoms with Crippen molar-refractivity contribution in [3.8, 4) is 0 Å². The number of halogens is 1. The molecule has 1 aromatic carbocycles. The topological polar surface area (TPSA) is 69.6 Å². The molecule has 5 nitrogen and oxygen atoms in total. The molecule has 0 spiro atoms. The van der Waals surface area contributed by atoms with Gasteiger partial charge in [-0.15, -0.1) is 0 Å². The van der Waals surface area contributed by atoms with E-state index < -0.39 is 5.82 Å². The molecule has 1 saturated heterocycles. The van der Waals surface area contributed by atoms with Crippen LogP contribution in [-0.4, -0.2) is 41.0 Å². The number of carbonyl (C=O) groups is 2. The van der Waals surface area contributed by atoms with Gasteiger partial charge < -0.3 is 15.3 Å². The molecule has 6 heteroatoms. The molecular weight excluding hydrogens is 275 g/mol. The van der Waals surface area contributed by atoms with Gasteiger partial charge in [-0.25, -0.2) is 4.39 Å². The van der Waals surface area contributed by atoms with Crippen molar-refractivity contribution in [3.63, 3.8) is 0 Å². The first-order valence-corrected chi connectivity index (χ1v) is 7.14. The van der Waals surface area contributed by atoms with Crippen LogP contribution in [0.2, 0.25) is 0 Å². The maximum absolute atomic E-state index is 14.2. The Kier molecular flexibility index (Phi) is 3.63. The van der Waals surface area contributed by atoms with Gasteiger partial charge in [0.1, 0.15) is 5.82 Å². The Labute approximate surface area is 121 Å². The highest BCUT2D eigenvalue weighted by atomic mass is 19.1. The van der Waals surface area contributed by atoms with Gasteiger partial charge in [0, 0.05) is 18.7 Å². The van der Waals surface area contributed by atoms with Gasteiger partial charge in [-0.3, -0.25) is 9.59 Å². The summed E-state index contributed by atoms with van der Waals surface area (Å²) in [7, 11) is 0. The molecule has 0 radical (unpaired) electrons. The summed E-state index contributed by atoms with van der Waals surface area (Å²) in [5.41, 5.74) is 1.24. The van der Waals surface area contributed by atoms with Crippen molar-refractivity contribution < 1.29 is 19.1 Å². The summed E-state index contributed by atoms with van der Waals surface area (Å²) in [6.07, 6.45) is 2.41. The van der Waals surface area contributed by atoms with E-state index in [0.717, 1.165) is 18.4 Å². The van der Waals surface area contributed by atoms with Crippen molar-refractivity contribution in [3.05, 3.63) is 29.1 Å². The SMILES string of the molecule is O=C1CCc2cc(C(=O)N3CCC[C@@H]3CO)c(F)cc2N1. The van der Waals surface area contributed by atoms with Crippen molar-refractivity contribution in [1.82, 2.24) is 4.90 Å². The number of aliphatic hydroxyl groups excluding tert-OH is 1. The van der Waals surface area contributed by atoms with E-state index in [9.17, 15) is 19.1 Å². The molecule has 2 aliphatic heterocycles. The average Bonchev–Trinajstić information content (AvgIpc) is 2.94. The van der Waals surface area contributed by atoms with E-state index in [0.29, 0.717) is 25.1 Å². The van der Waals surface area contributed by atoms with Gasteiger partial charge in [0.05, 0.1) is 18.2 Å². The maximum atomic E-state index is 14.2. The number of fused-ring (bicyclic) bond motifs is 1. The minimum atomic E-state index is -0.635. The molecule has 0 bridgehead atoms. The molecule has 1 fully saturated rings. The van der Waals surface area contributed by atoms with Gasteiger partial charge in [-0.1, -0.05) is 0 Å². The van der Waals surface area contributed by atoms with Crippen LogP contribution in [-0.2, 0) is 11.2 Å². The van der Waals surface area contributed by atoms with Crippen LogP contribution in [0.25, 0.3) is 0 Å². The second-order valence-corrected chi connectivity index (χ2v) is 5.51. The summed E-state index contributed by atoms with van der Waals surface area (Å²) in [5.74, 6) is -1.16. The molecule has 21 heavy (non-hydrogen) atoms. The summed E-state index contributed by atoms with van der Waals surface area (Å²) in [6, 6.07) is 2.51. The lowest BCUT2D eigenvalue weighted by atomic mass is 9.99. The highest BCUT2D eigenvalue weighted by Gasteiger charge is 2.31. The van der Waals surface area contributed by atoms with Crippen LogP contribution in [0.5, 0.6) is 0 Å². The second kappa shape index (κ2) is 5.44. The van der Waals surface area contributed by atoms with Crippen LogP contribution in [0.3, 0.4) is 0 Å². The molecular formula is C15H17FN2O3. The van der Waals surface area contributed by atoms with E-state index in [1.807, 2.05) is 0 Å². The number of aryl methyl sites for hydroxylation is 1. The number of aliphatic hydroxyl groups is 1. The van der Waals surface area contributed by atoms with Crippen molar-refractivity contribution in [2.45, 2.75) is 31.7 Å². The number of hydrogen-bond acceptors (Lipinski definition) is 3. The second-order valence-electron chi connectivity index (χ2n) is 5.51. The molecule has 2 aliphatic rings. The van der Waals surface area contributed by atoms with Crippen molar-refractivity contribution in [1.29, 1.82) is 0 Å².